The van der Waals surface area contributed by atoms with Crippen LogP contribution in [-0.2, 0) is 9.84 Å². The summed E-state index contributed by atoms with van der Waals surface area (Å²) in [6, 6.07) is 0.270. The van der Waals surface area contributed by atoms with E-state index in [0.29, 0.717) is 17.4 Å². The van der Waals surface area contributed by atoms with Crippen LogP contribution in [0, 0.1) is 5.92 Å². The zero-order valence-electron chi connectivity index (χ0n) is 11.1. The Balaban J connectivity index is 0.00000162. The quantitative estimate of drug-likeness (QED) is 0.838. The second-order valence-electron chi connectivity index (χ2n) is 5.36. The van der Waals surface area contributed by atoms with Crippen LogP contribution >= 0.6 is 12.4 Å². The standard InChI is InChI=1S/C12H24N2O2S.ClH/c1-2-14(9-11-4-3-6-13-8-11)12-5-7-17(15,16)10-12;/h11-13H,2-10H2,1H3;1H. The lowest BCUT2D eigenvalue weighted by Crippen LogP contribution is -2.43. The molecule has 0 saturated carbocycles. The lowest BCUT2D eigenvalue weighted by molar-refractivity contribution is 0.173. The molecule has 2 heterocycles. The molecule has 2 fully saturated rings. The van der Waals surface area contributed by atoms with E-state index >= 15 is 0 Å². The van der Waals surface area contributed by atoms with Crippen LogP contribution in [0.5, 0.6) is 0 Å². The minimum atomic E-state index is -2.75. The molecule has 2 rings (SSSR count). The third-order valence-corrected chi connectivity index (χ3v) is 5.77. The van der Waals surface area contributed by atoms with Gasteiger partial charge >= 0.3 is 0 Å². The van der Waals surface area contributed by atoms with Crippen LogP contribution in [0.1, 0.15) is 26.2 Å². The molecule has 0 aromatic rings. The van der Waals surface area contributed by atoms with Gasteiger partial charge in [-0.25, -0.2) is 8.42 Å². The van der Waals surface area contributed by atoms with Crippen LogP contribution < -0.4 is 5.32 Å². The summed E-state index contributed by atoms with van der Waals surface area (Å²) in [4.78, 5) is 2.38. The van der Waals surface area contributed by atoms with Gasteiger partial charge in [0.25, 0.3) is 0 Å². The molecule has 0 aromatic carbocycles. The minimum Gasteiger partial charge on any atom is -0.316 e. The van der Waals surface area contributed by atoms with Crippen LogP contribution in [0.15, 0.2) is 0 Å². The summed E-state index contributed by atoms with van der Waals surface area (Å²) in [5, 5.41) is 3.43. The fourth-order valence-corrected chi connectivity index (χ4v) is 4.77. The van der Waals surface area contributed by atoms with Gasteiger partial charge in [0.2, 0.25) is 0 Å². The van der Waals surface area contributed by atoms with Crippen LogP contribution in [0.4, 0.5) is 0 Å². The second-order valence-corrected chi connectivity index (χ2v) is 7.59. The predicted molar refractivity (Wildman–Crippen MR) is 77.1 cm³/mol. The molecule has 0 aromatic heterocycles. The van der Waals surface area contributed by atoms with E-state index in [1.54, 1.807) is 0 Å². The molecular formula is C12H25ClN2O2S. The molecule has 1 N–H and O–H groups in total. The number of piperidine rings is 1. The molecule has 2 aliphatic heterocycles. The van der Waals surface area contributed by atoms with E-state index in [2.05, 4.69) is 17.1 Å². The van der Waals surface area contributed by atoms with Crippen molar-refractivity contribution in [2.24, 2.45) is 5.92 Å². The summed E-state index contributed by atoms with van der Waals surface area (Å²) in [7, 11) is -2.75. The van der Waals surface area contributed by atoms with E-state index in [1.807, 2.05) is 0 Å². The van der Waals surface area contributed by atoms with Crippen LogP contribution in [0.25, 0.3) is 0 Å². The molecule has 2 aliphatic rings. The predicted octanol–water partition coefficient (Wildman–Crippen LogP) is 0.917. The molecule has 4 nitrogen and oxygen atoms in total. The van der Waals surface area contributed by atoms with Gasteiger partial charge in [-0.2, -0.15) is 0 Å². The Morgan fingerprint density at radius 1 is 1.33 bits per heavy atom. The van der Waals surface area contributed by atoms with Gasteiger partial charge in [-0.3, -0.25) is 4.90 Å². The average Bonchev–Trinajstić information content (AvgIpc) is 2.68. The monoisotopic (exact) mass is 296 g/mol. The number of hydrogen-bond acceptors (Lipinski definition) is 4. The average molecular weight is 297 g/mol. The summed E-state index contributed by atoms with van der Waals surface area (Å²) in [5.41, 5.74) is 0. The van der Waals surface area contributed by atoms with E-state index in [4.69, 9.17) is 0 Å². The summed E-state index contributed by atoms with van der Waals surface area (Å²) >= 11 is 0. The van der Waals surface area contributed by atoms with E-state index in [1.165, 1.54) is 12.8 Å². The highest BCUT2D eigenvalue weighted by Gasteiger charge is 2.32. The molecule has 18 heavy (non-hydrogen) atoms. The first-order chi connectivity index (χ1) is 8.11. The van der Waals surface area contributed by atoms with Gasteiger partial charge in [-0.15, -0.1) is 12.4 Å². The SMILES string of the molecule is CCN(CC1CCCNC1)C1CCS(=O)(=O)C1.Cl. The van der Waals surface area contributed by atoms with Crippen molar-refractivity contribution < 1.29 is 8.42 Å². The highest BCUT2D eigenvalue weighted by atomic mass is 35.5. The van der Waals surface area contributed by atoms with Gasteiger partial charge in [0.1, 0.15) is 0 Å². The van der Waals surface area contributed by atoms with Crippen LogP contribution in [-0.4, -0.2) is 57.0 Å². The van der Waals surface area contributed by atoms with Crippen LogP contribution in [0.2, 0.25) is 0 Å². The van der Waals surface area contributed by atoms with E-state index in [9.17, 15) is 8.42 Å². The fourth-order valence-electron chi connectivity index (χ4n) is 3.01. The van der Waals surface area contributed by atoms with Gasteiger partial charge in [-0.05, 0) is 44.8 Å². The third-order valence-electron chi connectivity index (χ3n) is 4.02. The van der Waals surface area contributed by atoms with Gasteiger partial charge in [0, 0.05) is 12.6 Å². The van der Waals surface area contributed by atoms with Crippen molar-refractivity contribution in [3.8, 4) is 0 Å². The summed E-state index contributed by atoms with van der Waals surface area (Å²) in [5.74, 6) is 1.46. The fraction of sp³-hybridized carbons (Fsp3) is 1.00. The molecule has 6 heteroatoms. The van der Waals surface area contributed by atoms with Gasteiger partial charge in [0.15, 0.2) is 9.84 Å². The number of rotatable bonds is 4. The van der Waals surface area contributed by atoms with Crippen LogP contribution in [0.3, 0.4) is 0 Å². The Bertz CT molecular complexity index is 342. The van der Waals surface area contributed by atoms with Crippen molar-refractivity contribution in [2.75, 3.05) is 37.7 Å². The zero-order valence-corrected chi connectivity index (χ0v) is 12.7. The molecule has 0 spiro atoms. The zero-order chi connectivity index (χ0) is 12.3. The molecule has 2 saturated heterocycles. The Morgan fingerprint density at radius 3 is 2.61 bits per heavy atom. The highest BCUT2D eigenvalue weighted by Crippen LogP contribution is 2.20. The molecular weight excluding hydrogens is 272 g/mol. The van der Waals surface area contributed by atoms with Crippen molar-refractivity contribution in [3.63, 3.8) is 0 Å². The first-order valence-electron chi connectivity index (χ1n) is 6.76. The van der Waals surface area contributed by atoms with Crippen molar-refractivity contribution in [3.05, 3.63) is 0 Å². The smallest absolute Gasteiger partial charge is 0.151 e. The first kappa shape index (κ1) is 16.2. The van der Waals surface area contributed by atoms with Gasteiger partial charge in [0.05, 0.1) is 11.5 Å². The molecule has 0 aliphatic carbocycles. The van der Waals surface area contributed by atoms with E-state index in [0.717, 1.165) is 32.6 Å². The maximum Gasteiger partial charge on any atom is 0.151 e. The number of nitrogens with one attached hydrogen (secondary N) is 1. The van der Waals surface area contributed by atoms with Crippen molar-refractivity contribution >= 4 is 22.2 Å². The molecule has 108 valence electrons. The first-order valence-corrected chi connectivity index (χ1v) is 8.58. The van der Waals surface area contributed by atoms with E-state index in [-0.39, 0.29) is 18.4 Å². The lowest BCUT2D eigenvalue weighted by atomic mass is 9.98. The Labute approximate surface area is 117 Å². The number of nitrogens with zero attached hydrogens (tertiary/aromatic N) is 1. The molecule has 0 bridgehead atoms. The normalized spacial score (nSPS) is 31.2. The number of hydrogen-bond donors (Lipinski definition) is 1. The number of halogens is 1. The Morgan fingerprint density at radius 2 is 2.11 bits per heavy atom. The summed E-state index contributed by atoms with van der Waals surface area (Å²) < 4.78 is 23.0. The Hall–Kier alpha value is 0.160. The summed E-state index contributed by atoms with van der Waals surface area (Å²) in [6.07, 6.45) is 3.37. The topological polar surface area (TPSA) is 49.4 Å². The van der Waals surface area contributed by atoms with Gasteiger partial charge < -0.3 is 5.32 Å². The molecule has 0 amide bonds. The third kappa shape index (κ3) is 4.37. The van der Waals surface area contributed by atoms with Gasteiger partial charge in [-0.1, -0.05) is 6.92 Å². The second kappa shape index (κ2) is 7.08. The van der Waals surface area contributed by atoms with Crippen molar-refractivity contribution in [1.29, 1.82) is 0 Å². The van der Waals surface area contributed by atoms with Crippen molar-refractivity contribution in [1.82, 2.24) is 10.2 Å². The molecule has 2 atom stereocenters. The maximum absolute atomic E-state index is 11.5. The maximum atomic E-state index is 11.5. The highest BCUT2D eigenvalue weighted by molar-refractivity contribution is 7.91. The number of sulfone groups is 1. The Kier molecular flexibility index (Phi) is 6.38. The lowest BCUT2D eigenvalue weighted by Gasteiger charge is -2.32. The summed E-state index contributed by atoms with van der Waals surface area (Å²) in [6.45, 7) is 6.40. The molecule has 2 unspecified atom stereocenters. The largest absolute Gasteiger partial charge is 0.316 e. The van der Waals surface area contributed by atoms with E-state index < -0.39 is 9.84 Å². The molecule has 0 radical (unpaired) electrons. The minimum absolute atomic E-state index is 0. The van der Waals surface area contributed by atoms with Crippen molar-refractivity contribution in [2.45, 2.75) is 32.2 Å².